The fourth-order valence-electron chi connectivity index (χ4n) is 3.07. The van der Waals surface area contributed by atoms with Crippen LogP contribution in [0.4, 0.5) is 0 Å². The van der Waals surface area contributed by atoms with E-state index in [1.807, 2.05) is 56.3 Å². The van der Waals surface area contributed by atoms with Gasteiger partial charge < -0.3 is 15.4 Å². The first-order valence-electron chi connectivity index (χ1n) is 10.4. The van der Waals surface area contributed by atoms with Crippen molar-refractivity contribution in [1.82, 2.24) is 10.6 Å². The molecule has 0 saturated heterocycles. The van der Waals surface area contributed by atoms with E-state index in [9.17, 15) is 14.4 Å². The SMILES string of the molecule is CCc1ccc([C@@H](NC(=O)COC(=O)/C(=C/c2ccccc2)NC(C)=O)C(C)C)cc1. The van der Waals surface area contributed by atoms with E-state index in [1.54, 1.807) is 12.1 Å². The summed E-state index contributed by atoms with van der Waals surface area (Å²) in [6.07, 6.45) is 2.45. The smallest absolute Gasteiger partial charge is 0.355 e. The van der Waals surface area contributed by atoms with E-state index in [0.717, 1.165) is 17.5 Å². The summed E-state index contributed by atoms with van der Waals surface area (Å²) in [6, 6.07) is 17.0. The Kier molecular flexibility index (Phi) is 9.00. The number of ether oxygens (including phenoxy) is 1. The third-order valence-electron chi connectivity index (χ3n) is 4.71. The van der Waals surface area contributed by atoms with Crippen LogP contribution in [0.15, 0.2) is 60.3 Å². The molecular formula is C25H30N2O4. The molecule has 31 heavy (non-hydrogen) atoms. The van der Waals surface area contributed by atoms with Crippen LogP contribution in [0.3, 0.4) is 0 Å². The van der Waals surface area contributed by atoms with E-state index in [0.29, 0.717) is 0 Å². The summed E-state index contributed by atoms with van der Waals surface area (Å²) in [5, 5.41) is 5.40. The number of nitrogens with one attached hydrogen (secondary N) is 2. The maximum atomic E-state index is 12.5. The first-order valence-corrected chi connectivity index (χ1v) is 10.4. The van der Waals surface area contributed by atoms with Crippen molar-refractivity contribution in [1.29, 1.82) is 0 Å². The van der Waals surface area contributed by atoms with Crippen molar-refractivity contribution in [2.45, 2.75) is 40.2 Å². The van der Waals surface area contributed by atoms with Gasteiger partial charge in [-0.25, -0.2) is 4.79 Å². The molecule has 2 aromatic carbocycles. The van der Waals surface area contributed by atoms with Gasteiger partial charge >= 0.3 is 5.97 Å². The van der Waals surface area contributed by atoms with E-state index in [1.165, 1.54) is 18.6 Å². The standard InChI is InChI=1S/C25H30N2O4/c1-5-19-11-13-21(14-12-19)24(17(2)3)27-23(29)16-31-25(30)22(26-18(4)28)15-20-9-7-6-8-10-20/h6-15,17,24H,5,16H2,1-4H3,(H,26,28)(H,27,29)/b22-15-/t24-/m0/s1. The van der Waals surface area contributed by atoms with Crippen LogP contribution in [0.1, 0.15) is 50.4 Å². The molecule has 0 bridgehead atoms. The normalized spacial score (nSPS) is 12.2. The highest BCUT2D eigenvalue weighted by Crippen LogP contribution is 2.22. The minimum absolute atomic E-state index is 0.0259. The van der Waals surface area contributed by atoms with Gasteiger partial charge in [-0.1, -0.05) is 75.4 Å². The van der Waals surface area contributed by atoms with Crippen molar-refractivity contribution in [2.75, 3.05) is 6.61 Å². The zero-order valence-electron chi connectivity index (χ0n) is 18.5. The fraction of sp³-hybridized carbons (Fsp3) is 0.320. The molecule has 6 heteroatoms. The predicted molar refractivity (Wildman–Crippen MR) is 121 cm³/mol. The molecule has 2 rings (SSSR count). The summed E-state index contributed by atoms with van der Waals surface area (Å²) in [4.78, 5) is 36.4. The quantitative estimate of drug-likeness (QED) is 0.476. The van der Waals surface area contributed by atoms with E-state index in [4.69, 9.17) is 4.74 Å². The monoisotopic (exact) mass is 422 g/mol. The summed E-state index contributed by atoms with van der Waals surface area (Å²) in [5.74, 6) is -1.44. The molecule has 0 heterocycles. The van der Waals surface area contributed by atoms with Gasteiger partial charge in [0.15, 0.2) is 6.61 Å². The van der Waals surface area contributed by atoms with Crippen LogP contribution in [0, 0.1) is 5.92 Å². The Balaban J connectivity index is 2.03. The number of amides is 2. The van der Waals surface area contributed by atoms with Gasteiger partial charge in [-0.15, -0.1) is 0 Å². The molecule has 2 amide bonds. The Labute approximate surface area is 183 Å². The van der Waals surface area contributed by atoms with Gasteiger partial charge in [-0.3, -0.25) is 9.59 Å². The second kappa shape index (κ2) is 11.7. The molecule has 0 unspecified atom stereocenters. The van der Waals surface area contributed by atoms with Crippen LogP contribution in [0.5, 0.6) is 0 Å². The number of hydrogen-bond donors (Lipinski definition) is 2. The zero-order chi connectivity index (χ0) is 22.8. The van der Waals surface area contributed by atoms with Gasteiger partial charge in [0.1, 0.15) is 5.70 Å². The molecule has 0 aliphatic carbocycles. The molecule has 1 atom stereocenters. The largest absolute Gasteiger partial charge is 0.451 e. The van der Waals surface area contributed by atoms with Crippen LogP contribution in [0.2, 0.25) is 0 Å². The molecule has 2 aromatic rings. The van der Waals surface area contributed by atoms with Crippen LogP contribution in [-0.2, 0) is 25.5 Å². The summed E-state index contributed by atoms with van der Waals surface area (Å²) >= 11 is 0. The lowest BCUT2D eigenvalue weighted by Gasteiger charge is -2.23. The van der Waals surface area contributed by atoms with Crippen molar-refractivity contribution in [3.63, 3.8) is 0 Å². The van der Waals surface area contributed by atoms with Crippen molar-refractivity contribution < 1.29 is 19.1 Å². The average molecular weight is 423 g/mol. The Bertz CT molecular complexity index is 918. The highest BCUT2D eigenvalue weighted by atomic mass is 16.5. The second-order valence-corrected chi connectivity index (χ2v) is 7.61. The van der Waals surface area contributed by atoms with Gasteiger partial charge in [0.05, 0.1) is 6.04 Å². The molecule has 0 aliphatic heterocycles. The number of esters is 1. The molecule has 2 N–H and O–H groups in total. The number of carbonyl (C=O) groups is 3. The molecule has 0 saturated carbocycles. The second-order valence-electron chi connectivity index (χ2n) is 7.61. The molecule has 0 aliphatic rings. The highest BCUT2D eigenvalue weighted by molar-refractivity contribution is 5.98. The Morgan fingerprint density at radius 1 is 1.00 bits per heavy atom. The zero-order valence-corrected chi connectivity index (χ0v) is 18.5. The maximum Gasteiger partial charge on any atom is 0.355 e. The predicted octanol–water partition coefficient (Wildman–Crippen LogP) is 3.78. The van der Waals surface area contributed by atoms with Crippen LogP contribution < -0.4 is 10.6 Å². The minimum Gasteiger partial charge on any atom is -0.451 e. The van der Waals surface area contributed by atoms with Crippen LogP contribution in [0.25, 0.3) is 6.08 Å². The lowest BCUT2D eigenvalue weighted by Crippen LogP contribution is -2.36. The Hall–Kier alpha value is -3.41. The molecule has 6 nitrogen and oxygen atoms in total. The number of rotatable bonds is 9. The van der Waals surface area contributed by atoms with Gasteiger partial charge in [-0.05, 0) is 35.1 Å². The van der Waals surface area contributed by atoms with Crippen molar-refractivity contribution in [3.05, 3.63) is 77.0 Å². The van der Waals surface area contributed by atoms with Crippen molar-refractivity contribution in [2.24, 2.45) is 5.92 Å². The first kappa shape index (κ1) is 23.9. The Morgan fingerprint density at radius 2 is 1.65 bits per heavy atom. The molecule has 0 aromatic heterocycles. The van der Waals surface area contributed by atoms with Crippen molar-refractivity contribution in [3.8, 4) is 0 Å². The van der Waals surface area contributed by atoms with Crippen LogP contribution in [-0.4, -0.2) is 24.4 Å². The molecular weight excluding hydrogens is 392 g/mol. The molecule has 0 radical (unpaired) electrons. The minimum atomic E-state index is -0.775. The lowest BCUT2D eigenvalue weighted by atomic mass is 9.95. The van der Waals surface area contributed by atoms with Crippen molar-refractivity contribution >= 4 is 23.9 Å². The fourth-order valence-corrected chi connectivity index (χ4v) is 3.07. The lowest BCUT2D eigenvalue weighted by molar-refractivity contribution is -0.145. The number of aryl methyl sites for hydroxylation is 1. The topological polar surface area (TPSA) is 84.5 Å². The van der Waals surface area contributed by atoms with Gasteiger partial charge in [0, 0.05) is 6.92 Å². The van der Waals surface area contributed by atoms with E-state index in [-0.39, 0.29) is 17.7 Å². The third-order valence-corrected chi connectivity index (χ3v) is 4.71. The number of benzene rings is 2. The van der Waals surface area contributed by atoms with E-state index >= 15 is 0 Å². The van der Waals surface area contributed by atoms with Gasteiger partial charge in [0.25, 0.3) is 5.91 Å². The molecule has 164 valence electrons. The van der Waals surface area contributed by atoms with Crippen LogP contribution >= 0.6 is 0 Å². The van der Waals surface area contributed by atoms with E-state index < -0.39 is 24.4 Å². The maximum absolute atomic E-state index is 12.5. The first-order chi connectivity index (χ1) is 14.8. The summed E-state index contributed by atoms with van der Waals surface area (Å²) in [5.41, 5.74) is 2.92. The van der Waals surface area contributed by atoms with Gasteiger partial charge in [0.2, 0.25) is 5.91 Å². The average Bonchev–Trinajstić information content (AvgIpc) is 2.75. The summed E-state index contributed by atoms with van der Waals surface area (Å²) in [7, 11) is 0. The molecule has 0 spiro atoms. The number of carbonyl (C=O) groups excluding carboxylic acids is 3. The molecule has 0 fully saturated rings. The van der Waals surface area contributed by atoms with E-state index in [2.05, 4.69) is 17.6 Å². The third kappa shape index (κ3) is 7.74. The number of hydrogen-bond acceptors (Lipinski definition) is 4. The Morgan fingerprint density at radius 3 is 2.19 bits per heavy atom. The summed E-state index contributed by atoms with van der Waals surface area (Å²) in [6.45, 7) is 6.98. The highest BCUT2D eigenvalue weighted by Gasteiger charge is 2.20. The summed E-state index contributed by atoms with van der Waals surface area (Å²) < 4.78 is 5.16. The van der Waals surface area contributed by atoms with Gasteiger partial charge in [-0.2, -0.15) is 0 Å².